The third-order valence-electron chi connectivity index (χ3n) is 4.92. The van der Waals surface area contributed by atoms with Gasteiger partial charge in [0, 0.05) is 31.2 Å². The molecule has 0 saturated carbocycles. The third-order valence-corrected chi connectivity index (χ3v) is 4.92. The quantitative estimate of drug-likeness (QED) is 0.889. The van der Waals surface area contributed by atoms with Crippen LogP contribution in [0.25, 0.3) is 10.9 Å². The first-order valence-electron chi connectivity index (χ1n) is 8.21. The predicted octanol–water partition coefficient (Wildman–Crippen LogP) is 2.02. The van der Waals surface area contributed by atoms with Crippen LogP contribution in [-0.2, 0) is 9.47 Å². The van der Waals surface area contributed by atoms with Crippen molar-refractivity contribution in [2.24, 2.45) is 0 Å². The lowest BCUT2D eigenvalue weighted by Crippen LogP contribution is -2.51. The summed E-state index contributed by atoms with van der Waals surface area (Å²) < 4.78 is 11.5. The van der Waals surface area contributed by atoms with E-state index < -0.39 is 0 Å². The third kappa shape index (κ3) is 2.84. The number of hydrogen-bond acceptors (Lipinski definition) is 4. The Labute approximate surface area is 134 Å². The number of para-hydroxylation sites is 1. The summed E-state index contributed by atoms with van der Waals surface area (Å²) in [5.41, 5.74) is 1.22. The second-order valence-electron chi connectivity index (χ2n) is 6.42. The number of rotatable bonds is 2. The fourth-order valence-electron chi connectivity index (χ4n) is 3.63. The monoisotopic (exact) mass is 315 g/mol. The van der Waals surface area contributed by atoms with E-state index in [9.17, 15) is 4.79 Å². The number of carbonyl (C=O) groups is 1. The summed E-state index contributed by atoms with van der Waals surface area (Å²) in [6, 6.07) is 7.81. The molecule has 2 aliphatic rings. The van der Waals surface area contributed by atoms with E-state index in [0.29, 0.717) is 12.3 Å². The summed E-state index contributed by atoms with van der Waals surface area (Å²) in [6.45, 7) is 2.17. The van der Waals surface area contributed by atoms with Crippen molar-refractivity contribution in [3.05, 3.63) is 30.0 Å². The van der Waals surface area contributed by atoms with Crippen LogP contribution in [0.2, 0.25) is 0 Å². The highest BCUT2D eigenvalue weighted by Crippen LogP contribution is 2.34. The summed E-state index contributed by atoms with van der Waals surface area (Å²) in [6.07, 6.45) is 3.51. The van der Waals surface area contributed by atoms with E-state index in [4.69, 9.17) is 9.47 Å². The van der Waals surface area contributed by atoms with Crippen molar-refractivity contribution in [2.75, 3.05) is 19.8 Å². The second kappa shape index (κ2) is 5.94. The highest BCUT2D eigenvalue weighted by Gasteiger charge is 2.39. The summed E-state index contributed by atoms with van der Waals surface area (Å²) >= 11 is 0. The topological polar surface area (TPSA) is 76.2 Å². The van der Waals surface area contributed by atoms with E-state index in [1.807, 2.05) is 24.3 Å². The molecule has 1 amide bonds. The van der Waals surface area contributed by atoms with Gasteiger partial charge in [0.15, 0.2) is 5.69 Å². The highest BCUT2D eigenvalue weighted by atomic mass is 16.5. The molecule has 0 radical (unpaired) electrons. The van der Waals surface area contributed by atoms with E-state index in [1.54, 1.807) is 0 Å². The lowest BCUT2D eigenvalue weighted by molar-refractivity contribution is -0.139. The average molecular weight is 315 g/mol. The lowest BCUT2D eigenvalue weighted by Gasteiger charge is -2.43. The first-order valence-corrected chi connectivity index (χ1v) is 8.21. The molecule has 1 aromatic heterocycles. The second-order valence-corrected chi connectivity index (χ2v) is 6.42. The van der Waals surface area contributed by atoms with Crippen LogP contribution in [-0.4, -0.2) is 47.6 Å². The minimum atomic E-state index is -0.123. The minimum Gasteiger partial charge on any atom is -0.381 e. The van der Waals surface area contributed by atoms with Crippen molar-refractivity contribution >= 4 is 16.8 Å². The molecule has 2 N–H and O–H groups in total. The number of aromatic nitrogens is 2. The Balaban J connectivity index is 1.48. The number of ether oxygens (including phenoxy) is 2. The van der Waals surface area contributed by atoms with Crippen LogP contribution in [0.5, 0.6) is 0 Å². The zero-order valence-electron chi connectivity index (χ0n) is 13.0. The van der Waals surface area contributed by atoms with E-state index in [0.717, 1.165) is 49.8 Å². The number of H-pyrrole nitrogens is 1. The van der Waals surface area contributed by atoms with Crippen LogP contribution in [0, 0.1) is 0 Å². The van der Waals surface area contributed by atoms with Crippen LogP contribution < -0.4 is 5.32 Å². The first kappa shape index (κ1) is 14.7. The van der Waals surface area contributed by atoms with Crippen LogP contribution in [0.1, 0.15) is 36.2 Å². The number of fused-ring (bicyclic) bond motifs is 1. The van der Waals surface area contributed by atoms with Crippen molar-refractivity contribution in [1.82, 2.24) is 15.5 Å². The van der Waals surface area contributed by atoms with Crippen molar-refractivity contribution in [2.45, 2.75) is 37.3 Å². The molecule has 6 heteroatoms. The van der Waals surface area contributed by atoms with Crippen LogP contribution >= 0.6 is 0 Å². The van der Waals surface area contributed by atoms with Gasteiger partial charge in [0.2, 0.25) is 0 Å². The van der Waals surface area contributed by atoms with Crippen molar-refractivity contribution < 1.29 is 14.3 Å². The molecule has 3 heterocycles. The number of aromatic amines is 1. The van der Waals surface area contributed by atoms with Crippen molar-refractivity contribution in [3.8, 4) is 0 Å². The van der Waals surface area contributed by atoms with Gasteiger partial charge < -0.3 is 14.8 Å². The van der Waals surface area contributed by atoms with Crippen molar-refractivity contribution in [1.29, 1.82) is 0 Å². The Hall–Kier alpha value is -1.92. The number of nitrogens with zero attached hydrogens (tertiary/aromatic N) is 1. The summed E-state index contributed by atoms with van der Waals surface area (Å²) in [5, 5.41) is 11.1. The Bertz CT molecular complexity index is 700. The molecule has 0 aliphatic carbocycles. The first-order chi connectivity index (χ1) is 11.3. The van der Waals surface area contributed by atoms with Gasteiger partial charge in [-0.15, -0.1) is 0 Å². The molecule has 1 aromatic carbocycles. The smallest absolute Gasteiger partial charge is 0.272 e. The van der Waals surface area contributed by atoms with Gasteiger partial charge >= 0.3 is 0 Å². The van der Waals surface area contributed by atoms with Gasteiger partial charge in [-0.1, -0.05) is 18.2 Å². The van der Waals surface area contributed by atoms with Gasteiger partial charge in [0.1, 0.15) is 0 Å². The fourth-order valence-corrected chi connectivity index (χ4v) is 3.63. The number of nitrogens with one attached hydrogen (secondary N) is 2. The molecule has 2 fully saturated rings. The maximum absolute atomic E-state index is 12.6. The molecule has 1 atom stereocenters. The van der Waals surface area contributed by atoms with E-state index in [-0.39, 0.29) is 17.6 Å². The molecule has 0 unspecified atom stereocenters. The summed E-state index contributed by atoms with van der Waals surface area (Å²) in [4.78, 5) is 12.6. The zero-order chi connectivity index (χ0) is 15.7. The Morgan fingerprint density at radius 2 is 2.09 bits per heavy atom. The van der Waals surface area contributed by atoms with E-state index in [1.165, 1.54) is 0 Å². The van der Waals surface area contributed by atoms with Crippen LogP contribution in [0.3, 0.4) is 0 Å². The maximum Gasteiger partial charge on any atom is 0.272 e. The summed E-state index contributed by atoms with van der Waals surface area (Å²) in [5.74, 6) is -0.114. The molecule has 1 spiro atoms. The molecule has 2 saturated heterocycles. The Morgan fingerprint density at radius 3 is 2.96 bits per heavy atom. The molecule has 122 valence electrons. The Kier molecular flexibility index (Phi) is 3.79. The number of benzene rings is 1. The molecular weight excluding hydrogens is 294 g/mol. The largest absolute Gasteiger partial charge is 0.381 e. The van der Waals surface area contributed by atoms with E-state index >= 15 is 0 Å². The molecule has 23 heavy (non-hydrogen) atoms. The normalized spacial score (nSPS) is 23.9. The predicted molar refractivity (Wildman–Crippen MR) is 85.3 cm³/mol. The lowest BCUT2D eigenvalue weighted by atomic mass is 9.84. The van der Waals surface area contributed by atoms with Gasteiger partial charge in [-0.2, -0.15) is 5.10 Å². The van der Waals surface area contributed by atoms with Crippen molar-refractivity contribution in [3.63, 3.8) is 0 Å². The molecule has 2 aliphatic heterocycles. The van der Waals surface area contributed by atoms with Gasteiger partial charge in [-0.05, 0) is 31.7 Å². The van der Waals surface area contributed by atoms with Gasteiger partial charge in [-0.3, -0.25) is 9.89 Å². The van der Waals surface area contributed by atoms with Gasteiger partial charge in [0.05, 0.1) is 11.1 Å². The standard InChI is InChI=1S/C17H21N3O3/c21-16(15-13-3-1-2-4-14(13)19-20-15)18-12-5-8-23-17(11-12)6-9-22-10-7-17/h1-4,12H,5-11H2,(H,18,21)(H,19,20)/t12-/m1/s1. The summed E-state index contributed by atoms with van der Waals surface area (Å²) in [7, 11) is 0. The highest BCUT2D eigenvalue weighted by molar-refractivity contribution is 6.04. The molecule has 0 bridgehead atoms. The van der Waals surface area contributed by atoms with Crippen LogP contribution in [0.4, 0.5) is 0 Å². The van der Waals surface area contributed by atoms with Gasteiger partial charge in [0.25, 0.3) is 5.91 Å². The number of hydrogen-bond donors (Lipinski definition) is 2. The SMILES string of the molecule is O=C(N[C@@H]1CCOC2(CCOCC2)C1)c1n[nH]c2ccccc12. The molecule has 6 nitrogen and oxygen atoms in total. The van der Waals surface area contributed by atoms with E-state index in [2.05, 4.69) is 15.5 Å². The maximum atomic E-state index is 12.6. The Morgan fingerprint density at radius 1 is 1.26 bits per heavy atom. The molecule has 4 rings (SSSR count). The number of carbonyl (C=O) groups excluding carboxylic acids is 1. The molecule has 2 aromatic rings. The number of amides is 1. The van der Waals surface area contributed by atoms with Gasteiger partial charge in [-0.25, -0.2) is 0 Å². The molecular formula is C17H21N3O3. The average Bonchev–Trinajstić information content (AvgIpc) is 3.00. The fraction of sp³-hybridized carbons (Fsp3) is 0.529. The van der Waals surface area contributed by atoms with Crippen LogP contribution in [0.15, 0.2) is 24.3 Å². The minimum absolute atomic E-state index is 0.114. The zero-order valence-corrected chi connectivity index (χ0v) is 13.0.